The molecule has 0 fully saturated rings. The van der Waals surface area contributed by atoms with E-state index in [9.17, 15) is 0 Å². The van der Waals surface area contributed by atoms with Crippen LogP contribution >= 0.6 is 0 Å². The average Bonchev–Trinajstić information content (AvgIpc) is 3.87. The molecule has 0 saturated heterocycles. The average molecular weight is 701 g/mol. The highest BCUT2D eigenvalue weighted by molar-refractivity contribution is 6.20. The minimum absolute atomic E-state index is 0.447. The van der Waals surface area contributed by atoms with Gasteiger partial charge in [-0.15, -0.1) is 0 Å². The highest BCUT2D eigenvalue weighted by Gasteiger charge is 2.53. The summed E-state index contributed by atoms with van der Waals surface area (Å²) in [4.78, 5) is 5.06. The Hall–Kier alpha value is -6.77. The molecule has 9 aromatic carbocycles. The molecule has 0 atom stereocenters. The predicted molar refractivity (Wildman–Crippen MR) is 230 cm³/mol. The molecule has 55 heavy (non-hydrogen) atoms. The van der Waals surface area contributed by atoms with E-state index in [1.54, 1.807) is 0 Å². The summed E-state index contributed by atoms with van der Waals surface area (Å²) in [6, 6.07) is 65.9. The number of nitrogens with zero attached hydrogens (tertiary/aromatic N) is 2. The molecule has 10 aromatic rings. The number of aromatic nitrogens is 2. The van der Waals surface area contributed by atoms with Gasteiger partial charge in [-0.2, -0.15) is 0 Å². The van der Waals surface area contributed by atoms with Gasteiger partial charge < -0.3 is 4.57 Å². The summed E-state index contributed by atoms with van der Waals surface area (Å²) in [6.45, 7) is 3.17. The Balaban J connectivity index is 1.09. The molecule has 2 aliphatic rings. The van der Waals surface area contributed by atoms with E-state index in [1.807, 2.05) is 0 Å². The second kappa shape index (κ2) is 11.4. The van der Waals surface area contributed by atoms with E-state index in [1.165, 1.54) is 93.5 Å². The van der Waals surface area contributed by atoms with Crippen molar-refractivity contribution in [2.45, 2.75) is 25.3 Å². The highest BCUT2D eigenvalue weighted by Crippen LogP contribution is 2.65. The fraction of sp³-hybridized carbons (Fsp3) is 0.0755. The molecule has 0 N–H and O–H groups in total. The van der Waals surface area contributed by atoms with Gasteiger partial charge in [-0.1, -0.05) is 153 Å². The Kier molecular flexibility index (Phi) is 6.34. The summed E-state index contributed by atoms with van der Waals surface area (Å²) in [5.74, 6) is 1.03. The van der Waals surface area contributed by atoms with Crippen molar-refractivity contribution in [3.8, 4) is 44.8 Å². The van der Waals surface area contributed by atoms with Crippen LogP contribution in [-0.2, 0) is 12.0 Å². The lowest BCUT2D eigenvalue weighted by atomic mass is 9.69. The van der Waals surface area contributed by atoms with Crippen molar-refractivity contribution >= 4 is 43.4 Å². The smallest absolute Gasteiger partial charge is 0.141 e. The molecule has 0 bridgehead atoms. The van der Waals surface area contributed by atoms with Gasteiger partial charge in [-0.25, -0.2) is 4.98 Å². The zero-order valence-corrected chi connectivity index (χ0v) is 30.6. The van der Waals surface area contributed by atoms with Crippen LogP contribution in [-0.4, -0.2) is 9.55 Å². The number of para-hydroxylation sites is 2. The van der Waals surface area contributed by atoms with Crippen LogP contribution in [0.1, 0.15) is 35.6 Å². The van der Waals surface area contributed by atoms with Crippen LogP contribution in [0.4, 0.5) is 0 Å². The van der Waals surface area contributed by atoms with E-state index >= 15 is 0 Å². The molecule has 2 heteroatoms. The molecule has 0 saturated carbocycles. The largest absolute Gasteiger partial charge is 0.324 e. The minimum atomic E-state index is -0.447. The number of hydrogen-bond acceptors (Lipinski definition) is 1. The molecule has 0 radical (unpaired) electrons. The van der Waals surface area contributed by atoms with E-state index in [2.05, 4.69) is 187 Å². The van der Waals surface area contributed by atoms with Gasteiger partial charge in [-0.05, 0) is 125 Å². The standard InChI is InChI=1S/C53H36N2/c1-2-29-55-49-22-12-11-21-48(49)54-52(55)34-25-23-33(24-26-34)35-27-28-36-31-44-47(32-37(36)30-35)53(45-19-9-7-15-40(45)41-16-8-10-20-46(41)53)51-43-18-6-4-14-39(43)38-13-3-5-17-42(38)50(44)51/h3-28,30-32H,2,29H2,1H3. The van der Waals surface area contributed by atoms with Gasteiger partial charge in [-0.3, -0.25) is 0 Å². The topological polar surface area (TPSA) is 17.8 Å². The van der Waals surface area contributed by atoms with Crippen molar-refractivity contribution in [1.82, 2.24) is 9.55 Å². The van der Waals surface area contributed by atoms with Gasteiger partial charge in [0.15, 0.2) is 0 Å². The Labute approximate surface area is 320 Å². The lowest BCUT2D eigenvalue weighted by Gasteiger charge is -2.32. The Morgan fingerprint density at radius 3 is 1.82 bits per heavy atom. The summed E-state index contributed by atoms with van der Waals surface area (Å²) >= 11 is 0. The fourth-order valence-corrected chi connectivity index (χ4v) is 10.3. The quantitative estimate of drug-likeness (QED) is 0.167. The van der Waals surface area contributed by atoms with Gasteiger partial charge in [0.05, 0.1) is 16.4 Å². The maximum absolute atomic E-state index is 5.06. The van der Waals surface area contributed by atoms with Crippen LogP contribution in [0.2, 0.25) is 0 Å². The van der Waals surface area contributed by atoms with E-state index in [-0.39, 0.29) is 0 Å². The summed E-state index contributed by atoms with van der Waals surface area (Å²) < 4.78 is 2.36. The summed E-state index contributed by atoms with van der Waals surface area (Å²) in [6.07, 6.45) is 1.06. The zero-order chi connectivity index (χ0) is 36.3. The van der Waals surface area contributed by atoms with Crippen LogP contribution in [0.15, 0.2) is 176 Å². The highest BCUT2D eigenvalue weighted by atomic mass is 15.1. The monoisotopic (exact) mass is 700 g/mol. The molecule has 1 spiro atoms. The molecular formula is C53H36N2. The van der Waals surface area contributed by atoms with Crippen molar-refractivity contribution in [1.29, 1.82) is 0 Å². The molecule has 0 unspecified atom stereocenters. The number of fused-ring (bicyclic) bond motifs is 17. The van der Waals surface area contributed by atoms with E-state index in [0.717, 1.165) is 29.9 Å². The molecule has 258 valence electrons. The SMILES string of the molecule is CCCn1c(-c2ccc(-c3ccc4cc5c(cc4c3)C3(c4ccccc4-c4ccccc43)c3c-5c4ccccc4c4ccccc34)cc2)nc2ccccc21. The maximum atomic E-state index is 5.06. The van der Waals surface area contributed by atoms with Crippen LogP contribution in [0.5, 0.6) is 0 Å². The van der Waals surface area contributed by atoms with Gasteiger partial charge >= 0.3 is 0 Å². The fourth-order valence-electron chi connectivity index (χ4n) is 10.3. The Bertz CT molecular complexity index is 3170. The maximum Gasteiger partial charge on any atom is 0.141 e. The summed E-state index contributed by atoms with van der Waals surface area (Å²) in [5.41, 5.74) is 16.2. The van der Waals surface area contributed by atoms with E-state index in [0.29, 0.717) is 0 Å². The number of rotatable bonds is 4. The molecular weight excluding hydrogens is 665 g/mol. The minimum Gasteiger partial charge on any atom is -0.324 e. The van der Waals surface area contributed by atoms with E-state index < -0.39 is 5.41 Å². The van der Waals surface area contributed by atoms with Crippen molar-refractivity contribution in [2.75, 3.05) is 0 Å². The van der Waals surface area contributed by atoms with Gasteiger partial charge in [0.2, 0.25) is 0 Å². The van der Waals surface area contributed by atoms with E-state index in [4.69, 9.17) is 4.98 Å². The van der Waals surface area contributed by atoms with Crippen molar-refractivity contribution in [3.63, 3.8) is 0 Å². The number of aryl methyl sites for hydroxylation is 1. The third kappa shape index (κ3) is 4.06. The van der Waals surface area contributed by atoms with Crippen LogP contribution in [0, 0.1) is 0 Å². The number of hydrogen-bond donors (Lipinski definition) is 0. The third-order valence-corrected chi connectivity index (χ3v) is 12.5. The Morgan fingerprint density at radius 1 is 0.473 bits per heavy atom. The predicted octanol–water partition coefficient (Wildman–Crippen LogP) is 13.6. The second-order valence-electron chi connectivity index (χ2n) is 15.3. The second-order valence-corrected chi connectivity index (χ2v) is 15.3. The molecule has 2 nitrogen and oxygen atoms in total. The summed E-state index contributed by atoms with van der Waals surface area (Å²) in [7, 11) is 0. The lowest BCUT2D eigenvalue weighted by molar-refractivity contribution is 0.704. The van der Waals surface area contributed by atoms with Crippen LogP contribution in [0.3, 0.4) is 0 Å². The molecule has 1 heterocycles. The zero-order valence-electron chi connectivity index (χ0n) is 30.6. The first-order valence-corrected chi connectivity index (χ1v) is 19.5. The molecule has 0 amide bonds. The first-order valence-electron chi connectivity index (χ1n) is 19.5. The molecule has 12 rings (SSSR count). The number of benzene rings is 9. The molecule has 0 aliphatic heterocycles. The normalized spacial score (nSPS) is 13.5. The van der Waals surface area contributed by atoms with Gasteiger partial charge in [0.25, 0.3) is 0 Å². The van der Waals surface area contributed by atoms with Crippen molar-refractivity contribution < 1.29 is 0 Å². The van der Waals surface area contributed by atoms with Crippen molar-refractivity contribution in [3.05, 3.63) is 198 Å². The Morgan fingerprint density at radius 2 is 1.07 bits per heavy atom. The number of imidazole rings is 1. The summed E-state index contributed by atoms with van der Waals surface area (Å²) in [5, 5.41) is 7.78. The first-order chi connectivity index (χ1) is 27.2. The van der Waals surface area contributed by atoms with Crippen LogP contribution in [0.25, 0.3) is 88.1 Å². The van der Waals surface area contributed by atoms with Gasteiger partial charge in [0, 0.05) is 12.1 Å². The molecule has 2 aliphatic carbocycles. The lowest BCUT2D eigenvalue weighted by Crippen LogP contribution is -2.26. The van der Waals surface area contributed by atoms with Crippen molar-refractivity contribution in [2.24, 2.45) is 0 Å². The van der Waals surface area contributed by atoms with Crippen LogP contribution < -0.4 is 0 Å². The molecule has 1 aromatic heterocycles. The van der Waals surface area contributed by atoms with Gasteiger partial charge in [0.1, 0.15) is 5.82 Å². The first kappa shape index (κ1) is 30.7. The third-order valence-electron chi connectivity index (χ3n) is 12.5.